The summed E-state index contributed by atoms with van der Waals surface area (Å²) in [7, 11) is 1.63. The topological polar surface area (TPSA) is 53.1 Å². The first kappa shape index (κ1) is 16.6. The number of halogens is 2. The van der Waals surface area contributed by atoms with Gasteiger partial charge in [0.05, 0.1) is 12.8 Å². The lowest BCUT2D eigenvalue weighted by Gasteiger charge is -2.10. The molecule has 0 radical (unpaired) electrons. The minimum Gasteiger partial charge on any atom is -0.494 e. The highest BCUT2D eigenvalue weighted by Crippen LogP contribution is 2.26. The molecule has 18 heavy (non-hydrogen) atoms. The predicted molar refractivity (Wildman–Crippen MR) is 78.5 cm³/mol. The van der Waals surface area contributed by atoms with Gasteiger partial charge in [-0.25, -0.2) is 4.68 Å². The van der Waals surface area contributed by atoms with Crippen molar-refractivity contribution in [2.24, 2.45) is 0 Å². The van der Waals surface area contributed by atoms with Crippen LogP contribution in [0.15, 0.2) is 24.3 Å². The number of methoxy groups -OCH3 is 1. The molecule has 0 saturated carbocycles. The van der Waals surface area contributed by atoms with Gasteiger partial charge in [0.25, 0.3) is 0 Å². The van der Waals surface area contributed by atoms with Gasteiger partial charge >= 0.3 is 0 Å². The van der Waals surface area contributed by atoms with E-state index in [9.17, 15) is 0 Å². The number of nitrogens with zero attached hydrogens (tertiary/aromatic N) is 2. The van der Waals surface area contributed by atoms with Crippen LogP contribution in [0.3, 0.4) is 0 Å². The molecule has 1 aromatic heterocycles. The van der Waals surface area contributed by atoms with Gasteiger partial charge in [-0.2, -0.15) is 5.10 Å². The summed E-state index contributed by atoms with van der Waals surface area (Å²) in [5.74, 6) is 0.728. The Morgan fingerprint density at radius 2 is 1.83 bits per heavy atom. The molecule has 0 bridgehead atoms. The second-order valence-electron chi connectivity index (χ2n) is 3.77. The van der Waals surface area contributed by atoms with E-state index >= 15 is 0 Å². The van der Waals surface area contributed by atoms with Crippen molar-refractivity contribution in [3.63, 3.8) is 0 Å². The lowest BCUT2D eigenvalue weighted by atomic mass is 10.2. The molecule has 1 heterocycles. The molecule has 0 aliphatic rings. The van der Waals surface area contributed by atoms with Gasteiger partial charge in [0.1, 0.15) is 11.4 Å². The van der Waals surface area contributed by atoms with E-state index in [1.54, 1.807) is 13.2 Å². The van der Waals surface area contributed by atoms with Crippen molar-refractivity contribution in [3.8, 4) is 11.4 Å². The Hall–Kier alpha value is -1.39. The zero-order valence-corrected chi connectivity index (χ0v) is 12.1. The summed E-state index contributed by atoms with van der Waals surface area (Å²) in [4.78, 5) is 0. The van der Waals surface area contributed by atoms with Crippen LogP contribution in [0.4, 0.5) is 5.69 Å². The van der Waals surface area contributed by atoms with Gasteiger partial charge in [-0.1, -0.05) is 0 Å². The Morgan fingerprint density at radius 3 is 2.33 bits per heavy atom. The molecule has 2 rings (SSSR count). The van der Waals surface area contributed by atoms with E-state index in [0.29, 0.717) is 5.69 Å². The SMILES string of the molecule is COc1cc(N)ccc1-n1nc(C)cc1C.Cl.Cl. The van der Waals surface area contributed by atoms with Crippen LogP contribution in [-0.2, 0) is 0 Å². The number of nitrogen functional groups attached to an aromatic ring is 1. The van der Waals surface area contributed by atoms with E-state index in [0.717, 1.165) is 22.8 Å². The maximum Gasteiger partial charge on any atom is 0.146 e. The lowest BCUT2D eigenvalue weighted by Crippen LogP contribution is -2.02. The van der Waals surface area contributed by atoms with Crippen molar-refractivity contribution in [2.45, 2.75) is 13.8 Å². The van der Waals surface area contributed by atoms with E-state index in [-0.39, 0.29) is 24.8 Å². The molecular weight excluding hydrogens is 273 g/mol. The minimum atomic E-state index is 0. The summed E-state index contributed by atoms with van der Waals surface area (Å²) in [6, 6.07) is 7.57. The first-order valence-corrected chi connectivity index (χ1v) is 5.09. The number of aryl methyl sites for hydroxylation is 2. The number of nitrogens with two attached hydrogens (primary N) is 1. The van der Waals surface area contributed by atoms with Gasteiger partial charge in [-0.3, -0.25) is 0 Å². The maximum absolute atomic E-state index is 5.71. The summed E-state index contributed by atoms with van der Waals surface area (Å²) in [5, 5.41) is 4.41. The van der Waals surface area contributed by atoms with Crippen LogP contribution in [0, 0.1) is 13.8 Å². The van der Waals surface area contributed by atoms with E-state index in [1.165, 1.54) is 0 Å². The Kier molecular flexibility index (Phi) is 6.01. The number of hydrogen-bond donors (Lipinski definition) is 1. The van der Waals surface area contributed by atoms with Crippen molar-refractivity contribution >= 4 is 30.5 Å². The van der Waals surface area contributed by atoms with Gasteiger partial charge in [0.2, 0.25) is 0 Å². The van der Waals surface area contributed by atoms with E-state index in [2.05, 4.69) is 5.10 Å². The lowest BCUT2D eigenvalue weighted by molar-refractivity contribution is 0.411. The number of ether oxygens (including phenoxy) is 1. The average Bonchev–Trinajstić information content (AvgIpc) is 2.57. The fourth-order valence-corrected chi connectivity index (χ4v) is 1.74. The number of aromatic nitrogens is 2. The molecule has 2 aromatic rings. The predicted octanol–water partition coefficient (Wildman–Crippen LogP) is 2.92. The van der Waals surface area contributed by atoms with Crippen LogP contribution in [0.25, 0.3) is 5.69 Å². The highest BCUT2D eigenvalue weighted by molar-refractivity contribution is 5.85. The molecule has 0 unspecified atom stereocenters. The van der Waals surface area contributed by atoms with Crippen LogP contribution >= 0.6 is 24.8 Å². The van der Waals surface area contributed by atoms with Crippen LogP contribution in [0.2, 0.25) is 0 Å². The first-order chi connectivity index (χ1) is 7.61. The number of rotatable bonds is 2. The van der Waals surface area contributed by atoms with E-state index < -0.39 is 0 Å². The van der Waals surface area contributed by atoms with Crippen molar-refractivity contribution in [2.75, 3.05) is 12.8 Å². The van der Waals surface area contributed by atoms with Crippen molar-refractivity contribution in [1.29, 1.82) is 0 Å². The smallest absolute Gasteiger partial charge is 0.146 e. The minimum absolute atomic E-state index is 0. The van der Waals surface area contributed by atoms with Gasteiger partial charge in [-0.15, -0.1) is 24.8 Å². The monoisotopic (exact) mass is 289 g/mol. The fourth-order valence-electron chi connectivity index (χ4n) is 1.74. The van der Waals surface area contributed by atoms with Gasteiger partial charge in [-0.05, 0) is 32.0 Å². The summed E-state index contributed by atoms with van der Waals surface area (Å²) in [5.41, 5.74) is 9.35. The molecule has 0 atom stereocenters. The van der Waals surface area contributed by atoms with Gasteiger partial charge < -0.3 is 10.5 Å². The summed E-state index contributed by atoms with van der Waals surface area (Å²) in [6.07, 6.45) is 0. The second-order valence-corrected chi connectivity index (χ2v) is 3.77. The largest absolute Gasteiger partial charge is 0.494 e. The molecule has 2 N–H and O–H groups in total. The molecule has 0 amide bonds. The van der Waals surface area contributed by atoms with E-state index in [4.69, 9.17) is 10.5 Å². The van der Waals surface area contributed by atoms with Crippen LogP contribution in [0.1, 0.15) is 11.4 Å². The maximum atomic E-state index is 5.71. The molecule has 0 spiro atoms. The highest BCUT2D eigenvalue weighted by atomic mass is 35.5. The zero-order chi connectivity index (χ0) is 11.7. The summed E-state index contributed by atoms with van der Waals surface area (Å²) in [6.45, 7) is 3.98. The Bertz CT molecular complexity index is 526. The van der Waals surface area contributed by atoms with Crippen molar-refractivity contribution in [1.82, 2.24) is 9.78 Å². The molecule has 1 aromatic carbocycles. The molecule has 0 aliphatic heterocycles. The van der Waals surface area contributed by atoms with Crippen LogP contribution in [-0.4, -0.2) is 16.9 Å². The molecule has 4 nitrogen and oxygen atoms in total. The third-order valence-corrected chi connectivity index (χ3v) is 2.44. The van der Waals surface area contributed by atoms with Crippen molar-refractivity contribution < 1.29 is 4.74 Å². The third kappa shape index (κ3) is 3.09. The normalized spacial score (nSPS) is 9.28. The zero-order valence-electron chi connectivity index (χ0n) is 10.5. The molecule has 6 heteroatoms. The number of hydrogen-bond acceptors (Lipinski definition) is 3. The fraction of sp³-hybridized carbons (Fsp3) is 0.250. The number of benzene rings is 1. The summed E-state index contributed by atoms with van der Waals surface area (Å²) < 4.78 is 7.16. The van der Waals surface area contributed by atoms with Crippen LogP contribution < -0.4 is 10.5 Å². The first-order valence-electron chi connectivity index (χ1n) is 5.09. The standard InChI is InChI=1S/C12H15N3O.2ClH/c1-8-6-9(2)15(14-8)11-5-4-10(13)7-12(11)16-3;;/h4-7H,13H2,1-3H3;2*1H. The Labute approximate surface area is 119 Å². The highest BCUT2D eigenvalue weighted by Gasteiger charge is 2.09. The second kappa shape index (κ2) is 6.52. The third-order valence-electron chi connectivity index (χ3n) is 2.44. The summed E-state index contributed by atoms with van der Waals surface area (Å²) >= 11 is 0. The quantitative estimate of drug-likeness (QED) is 0.865. The number of anilines is 1. The van der Waals surface area contributed by atoms with E-state index in [1.807, 2.05) is 36.7 Å². The van der Waals surface area contributed by atoms with Crippen LogP contribution in [0.5, 0.6) is 5.75 Å². The Morgan fingerprint density at radius 1 is 1.17 bits per heavy atom. The molecule has 0 saturated heterocycles. The van der Waals surface area contributed by atoms with Gasteiger partial charge in [0, 0.05) is 17.4 Å². The molecule has 0 aliphatic carbocycles. The molecule has 0 fully saturated rings. The van der Waals surface area contributed by atoms with Crippen molar-refractivity contribution in [3.05, 3.63) is 35.7 Å². The molecule has 100 valence electrons. The van der Waals surface area contributed by atoms with Gasteiger partial charge in [0.15, 0.2) is 0 Å². The Balaban J connectivity index is 0.00000144. The average molecular weight is 290 g/mol. The molecular formula is C12H17Cl2N3O.